The molecule has 7 rings (SSSR count). The van der Waals surface area contributed by atoms with Gasteiger partial charge in [0.05, 0.1) is 5.52 Å². The van der Waals surface area contributed by atoms with Crippen LogP contribution in [0.3, 0.4) is 0 Å². The van der Waals surface area contributed by atoms with Gasteiger partial charge in [0.25, 0.3) is 0 Å². The Bertz CT molecular complexity index is 1730. The fraction of sp³-hybridized carbons (Fsp3) is 0. The maximum absolute atomic E-state index is 3.77. The van der Waals surface area contributed by atoms with E-state index in [1.165, 1.54) is 65.3 Å². The first-order valence-electron chi connectivity index (χ1n) is 10.7. The third-order valence-corrected chi connectivity index (χ3v) is 6.56. The lowest BCUT2D eigenvalue weighted by molar-refractivity contribution is 1.55. The number of H-pyrrole nitrogens is 1. The lowest BCUT2D eigenvalue weighted by Gasteiger charge is -2.13. The van der Waals surface area contributed by atoms with E-state index < -0.39 is 0 Å². The average Bonchev–Trinajstić information content (AvgIpc) is 3.22. The van der Waals surface area contributed by atoms with Crippen molar-refractivity contribution in [1.29, 1.82) is 0 Å². The minimum Gasteiger partial charge on any atom is -0.354 e. The monoisotopic (exact) mass is 393 g/mol. The molecule has 6 aromatic carbocycles. The Morgan fingerprint density at radius 2 is 1.06 bits per heavy atom. The number of aromatic nitrogens is 1. The SMILES string of the molecule is c1ccc2c(-c3cccc4c3[nH]c3ccc5ccccc5c34)c3ccccc3cc2c1. The summed E-state index contributed by atoms with van der Waals surface area (Å²) in [5, 5.41) is 10.3. The summed E-state index contributed by atoms with van der Waals surface area (Å²) < 4.78 is 0. The first-order chi connectivity index (χ1) is 15.4. The molecular weight excluding hydrogens is 374 g/mol. The Hall–Kier alpha value is -4.10. The Morgan fingerprint density at radius 3 is 1.81 bits per heavy atom. The van der Waals surface area contributed by atoms with Gasteiger partial charge in [0.1, 0.15) is 0 Å². The molecule has 0 saturated carbocycles. The van der Waals surface area contributed by atoms with Crippen LogP contribution in [-0.4, -0.2) is 4.98 Å². The minimum absolute atomic E-state index is 1.19. The van der Waals surface area contributed by atoms with Crippen molar-refractivity contribution < 1.29 is 0 Å². The summed E-state index contributed by atoms with van der Waals surface area (Å²) >= 11 is 0. The molecule has 0 spiro atoms. The van der Waals surface area contributed by atoms with Crippen LogP contribution in [-0.2, 0) is 0 Å². The van der Waals surface area contributed by atoms with Crippen molar-refractivity contribution in [3.05, 3.63) is 109 Å². The molecule has 1 N–H and O–H groups in total. The molecule has 0 atom stereocenters. The van der Waals surface area contributed by atoms with Gasteiger partial charge < -0.3 is 4.98 Å². The highest BCUT2D eigenvalue weighted by molar-refractivity contribution is 6.24. The summed E-state index contributed by atoms with van der Waals surface area (Å²) in [5.41, 5.74) is 4.95. The van der Waals surface area contributed by atoms with Crippen LogP contribution in [0.2, 0.25) is 0 Å². The van der Waals surface area contributed by atoms with Gasteiger partial charge in [-0.1, -0.05) is 97.1 Å². The second kappa shape index (κ2) is 6.20. The molecule has 1 heterocycles. The van der Waals surface area contributed by atoms with E-state index in [4.69, 9.17) is 0 Å². The molecule has 7 aromatic rings. The molecule has 0 amide bonds. The van der Waals surface area contributed by atoms with E-state index in [2.05, 4.69) is 114 Å². The number of rotatable bonds is 1. The second-order valence-electron chi connectivity index (χ2n) is 8.26. The maximum Gasteiger partial charge on any atom is 0.0545 e. The zero-order chi connectivity index (χ0) is 20.4. The van der Waals surface area contributed by atoms with Gasteiger partial charge in [-0.25, -0.2) is 0 Å². The highest BCUT2D eigenvalue weighted by atomic mass is 14.7. The Morgan fingerprint density at radius 1 is 0.452 bits per heavy atom. The van der Waals surface area contributed by atoms with E-state index in [0.717, 1.165) is 0 Å². The lowest BCUT2D eigenvalue weighted by atomic mass is 9.91. The van der Waals surface area contributed by atoms with E-state index in [9.17, 15) is 0 Å². The molecule has 0 fully saturated rings. The summed E-state index contributed by atoms with van der Waals surface area (Å²) in [5.74, 6) is 0. The Balaban J connectivity index is 1.69. The summed E-state index contributed by atoms with van der Waals surface area (Å²) in [6, 6.07) is 39.5. The smallest absolute Gasteiger partial charge is 0.0545 e. The van der Waals surface area contributed by atoms with Gasteiger partial charge in [0.15, 0.2) is 0 Å². The van der Waals surface area contributed by atoms with Gasteiger partial charge in [0, 0.05) is 21.9 Å². The molecule has 144 valence electrons. The van der Waals surface area contributed by atoms with Crippen molar-refractivity contribution in [2.45, 2.75) is 0 Å². The van der Waals surface area contributed by atoms with Gasteiger partial charge in [0.2, 0.25) is 0 Å². The molecule has 1 nitrogen and oxygen atoms in total. The highest BCUT2D eigenvalue weighted by Gasteiger charge is 2.16. The van der Waals surface area contributed by atoms with Crippen molar-refractivity contribution in [1.82, 2.24) is 4.98 Å². The van der Waals surface area contributed by atoms with Crippen LogP contribution in [0.25, 0.3) is 65.3 Å². The fourth-order valence-corrected chi connectivity index (χ4v) is 5.21. The van der Waals surface area contributed by atoms with Crippen LogP contribution in [0.1, 0.15) is 0 Å². The summed E-state index contributed by atoms with van der Waals surface area (Å²) in [6.45, 7) is 0. The molecule has 0 aliphatic carbocycles. The van der Waals surface area contributed by atoms with E-state index in [0.29, 0.717) is 0 Å². The van der Waals surface area contributed by atoms with E-state index in [1.807, 2.05) is 0 Å². The number of para-hydroxylation sites is 1. The van der Waals surface area contributed by atoms with Crippen molar-refractivity contribution in [3.8, 4) is 11.1 Å². The van der Waals surface area contributed by atoms with Gasteiger partial charge >= 0.3 is 0 Å². The first-order valence-corrected chi connectivity index (χ1v) is 10.7. The molecule has 0 unspecified atom stereocenters. The number of fused-ring (bicyclic) bond motifs is 7. The van der Waals surface area contributed by atoms with Gasteiger partial charge in [-0.2, -0.15) is 0 Å². The maximum atomic E-state index is 3.77. The zero-order valence-corrected chi connectivity index (χ0v) is 16.9. The number of hydrogen-bond donors (Lipinski definition) is 1. The fourth-order valence-electron chi connectivity index (χ4n) is 5.21. The Kier molecular flexibility index (Phi) is 3.33. The molecule has 31 heavy (non-hydrogen) atoms. The number of benzene rings is 6. The van der Waals surface area contributed by atoms with Gasteiger partial charge in [-0.05, 0) is 50.0 Å². The largest absolute Gasteiger partial charge is 0.354 e. The molecular formula is C30H19N. The summed E-state index contributed by atoms with van der Waals surface area (Å²) in [7, 11) is 0. The number of hydrogen-bond acceptors (Lipinski definition) is 0. The quantitative estimate of drug-likeness (QED) is 0.269. The van der Waals surface area contributed by atoms with Crippen molar-refractivity contribution in [2.24, 2.45) is 0 Å². The normalized spacial score (nSPS) is 11.9. The first kappa shape index (κ1) is 16.7. The van der Waals surface area contributed by atoms with Crippen LogP contribution < -0.4 is 0 Å². The molecule has 0 radical (unpaired) electrons. The lowest BCUT2D eigenvalue weighted by Crippen LogP contribution is -1.87. The van der Waals surface area contributed by atoms with Crippen LogP contribution in [0.15, 0.2) is 109 Å². The van der Waals surface area contributed by atoms with E-state index in [1.54, 1.807) is 0 Å². The summed E-state index contributed by atoms with van der Waals surface area (Å²) in [6.07, 6.45) is 0. The standard InChI is InChI=1S/C30H19N/c1-4-11-22-19(8-1)16-17-27-29(22)26-15-7-14-25(30(26)31-27)28-23-12-5-2-9-20(23)18-21-10-3-6-13-24(21)28/h1-18,31H. The van der Waals surface area contributed by atoms with Gasteiger partial charge in [-0.15, -0.1) is 0 Å². The third kappa shape index (κ3) is 2.32. The van der Waals surface area contributed by atoms with Crippen molar-refractivity contribution in [2.75, 3.05) is 0 Å². The predicted molar refractivity (Wildman–Crippen MR) is 134 cm³/mol. The van der Waals surface area contributed by atoms with Crippen LogP contribution in [0, 0.1) is 0 Å². The van der Waals surface area contributed by atoms with E-state index in [-0.39, 0.29) is 0 Å². The highest BCUT2D eigenvalue weighted by Crippen LogP contribution is 2.42. The second-order valence-corrected chi connectivity index (χ2v) is 8.26. The molecule has 1 heteroatoms. The Labute approximate surface area is 179 Å². The van der Waals surface area contributed by atoms with Gasteiger partial charge in [-0.3, -0.25) is 0 Å². The van der Waals surface area contributed by atoms with E-state index >= 15 is 0 Å². The summed E-state index contributed by atoms with van der Waals surface area (Å²) in [4.78, 5) is 3.77. The molecule has 1 aromatic heterocycles. The van der Waals surface area contributed by atoms with Crippen molar-refractivity contribution in [3.63, 3.8) is 0 Å². The number of aromatic amines is 1. The predicted octanol–water partition coefficient (Wildman–Crippen LogP) is 8.45. The number of nitrogens with one attached hydrogen (secondary N) is 1. The third-order valence-electron chi connectivity index (χ3n) is 6.56. The van der Waals surface area contributed by atoms with Crippen LogP contribution in [0.5, 0.6) is 0 Å². The topological polar surface area (TPSA) is 15.8 Å². The molecule has 0 bridgehead atoms. The zero-order valence-electron chi connectivity index (χ0n) is 16.9. The van der Waals surface area contributed by atoms with Crippen LogP contribution in [0.4, 0.5) is 0 Å². The minimum atomic E-state index is 1.19. The molecule has 0 aliphatic heterocycles. The average molecular weight is 393 g/mol. The molecule has 0 saturated heterocycles. The van der Waals surface area contributed by atoms with Crippen LogP contribution >= 0.6 is 0 Å². The van der Waals surface area contributed by atoms with Crippen molar-refractivity contribution >= 4 is 54.1 Å². The molecule has 0 aliphatic rings.